The van der Waals surface area contributed by atoms with Crippen LogP contribution in [-0.4, -0.2) is 12.1 Å². The van der Waals surface area contributed by atoms with Crippen molar-refractivity contribution >= 4 is 15.9 Å². The van der Waals surface area contributed by atoms with Crippen molar-refractivity contribution in [3.05, 3.63) is 34.3 Å². The summed E-state index contributed by atoms with van der Waals surface area (Å²) in [5.74, 6) is 0.665. The highest BCUT2D eigenvalue weighted by Gasteiger charge is 2.32. The predicted octanol–water partition coefficient (Wildman–Crippen LogP) is 3.98. The van der Waals surface area contributed by atoms with Gasteiger partial charge in [0, 0.05) is 16.6 Å². The molecule has 0 spiro atoms. The molecule has 3 heteroatoms. The maximum Gasteiger partial charge on any atom is 0.0638 e. The van der Waals surface area contributed by atoms with Crippen LogP contribution < -0.4 is 5.32 Å². The molecule has 18 heavy (non-hydrogen) atoms. The minimum absolute atomic E-state index is 0.361. The molecule has 0 heterocycles. The molecule has 0 aromatic heterocycles. The molecule has 1 aromatic carbocycles. The molecule has 1 fully saturated rings. The summed E-state index contributed by atoms with van der Waals surface area (Å²) in [6, 6.07) is 11.7. The van der Waals surface area contributed by atoms with Gasteiger partial charge in [-0.25, -0.2) is 0 Å². The zero-order valence-electron chi connectivity index (χ0n) is 10.7. The van der Waals surface area contributed by atoms with E-state index in [4.69, 9.17) is 5.26 Å². The van der Waals surface area contributed by atoms with E-state index in [1.165, 1.54) is 22.9 Å². The molecule has 0 radical (unpaired) electrons. The van der Waals surface area contributed by atoms with Crippen molar-refractivity contribution in [2.75, 3.05) is 0 Å². The number of halogens is 1. The van der Waals surface area contributed by atoms with Crippen LogP contribution in [0.5, 0.6) is 0 Å². The zero-order chi connectivity index (χ0) is 13.0. The monoisotopic (exact) mass is 306 g/mol. The van der Waals surface area contributed by atoms with Crippen LogP contribution in [0, 0.1) is 11.3 Å². The predicted molar refractivity (Wildman–Crippen MR) is 77.3 cm³/mol. The number of hydrogen-bond acceptors (Lipinski definition) is 2. The van der Waals surface area contributed by atoms with Gasteiger partial charge in [0.1, 0.15) is 0 Å². The lowest BCUT2D eigenvalue weighted by Gasteiger charge is -2.38. The molecule has 1 saturated carbocycles. The van der Waals surface area contributed by atoms with Gasteiger partial charge in [-0.2, -0.15) is 5.26 Å². The third-order valence-electron chi connectivity index (χ3n) is 3.79. The number of nitrogens with zero attached hydrogens (tertiary/aromatic N) is 1. The van der Waals surface area contributed by atoms with E-state index >= 15 is 0 Å². The molecular weight excluding hydrogens is 288 g/mol. The maximum absolute atomic E-state index is 8.74. The SMILES string of the molecule is CCC(CC#N)NC1CC(c2ccccc2Br)C1. The second-order valence-electron chi connectivity index (χ2n) is 5.02. The van der Waals surface area contributed by atoms with Crippen LogP contribution in [0.2, 0.25) is 0 Å². The Kier molecular flexibility index (Phi) is 4.79. The van der Waals surface area contributed by atoms with Crippen molar-refractivity contribution in [1.82, 2.24) is 5.32 Å². The number of rotatable bonds is 5. The fourth-order valence-electron chi connectivity index (χ4n) is 2.58. The van der Waals surface area contributed by atoms with Crippen molar-refractivity contribution in [3.8, 4) is 6.07 Å². The van der Waals surface area contributed by atoms with Crippen LogP contribution in [0.4, 0.5) is 0 Å². The molecule has 1 atom stereocenters. The summed E-state index contributed by atoms with van der Waals surface area (Å²) >= 11 is 3.62. The van der Waals surface area contributed by atoms with Gasteiger partial charge in [0.05, 0.1) is 12.5 Å². The highest BCUT2D eigenvalue weighted by molar-refractivity contribution is 9.10. The second kappa shape index (κ2) is 6.36. The molecule has 2 rings (SSSR count). The molecule has 1 aliphatic rings. The van der Waals surface area contributed by atoms with Gasteiger partial charge in [0.2, 0.25) is 0 Å². The Morgan fingerprint density at radius 2 is 2.17 bits per heavy atom. The highest BCUT2D eigenvalue weighted by atomic mass is 79.9. The summed E-state index contributed by atoms with van der Waals surface area (Å²) in [5.41, 5.74) is 1.42. The van der Waals surface area contributed by atoms with Gasteiger partial charge in [-0.1, -0.05) is 41.1 Å². The summed E-state index contributed by atoms with van der Waals surface area (Å²) in [6.45, 7) is 2.14. The van der Waals surface area contributed by atoms with E-state index in [2.05, 4.69) is 58.5 Å². The van der Waals surface area contributed by atoms with E-state index in [-0.39, 0.29) is 0 Å². The fourth-order valence-corrected chi connectivity index (χ4v) is 3.19. The molecule has 0 saturated heterocycles. The van der Waals surface area contributed by atoms with Crippen LogP contribution in [0.3, 0.4) is 0 Å². The van der Waals surface area contributed by atoms with Gasteiger partial charge in [-0.15, -0.1) is 0 Å². The van der Waals surface area contributed by atoms with Gasteiger partial charge < -0.3 is 5.32 Å². The molecule has 1 aliphatic carbocycles. The van der Waals surface area contributed by atoms with E-state index < -0.39 is 0 Å². The van der Waals surface area contributed by atoms with Gasteiger partial charge in [0.15, 0.2) is 0 Å². The minimum atomic E-state index is 0.361. The normalized spacial score (nSPS) is 24.1. The summed E-state index contributed by atoms with van der Waals surface area (Å²) in [5, 5.41) is 12.3. The van der Waals surface area contributed by atoms with E-state index in [0.717, 1.165) is 6.42 Å². The Morgan fingerprint density at radius 1 is 1.44 bits per heavy atom. The molecule has 0 aliphatic heterocycles. The molecule has 0 bridgehead atoms. The lowest BCUT2D eigenvalue weighted by atomic mass is 9.75. The minimum Gasteiger partial charge on any atom is -0.310 e. The number of nitrogens with one attached hydrogen (secondary N) is 1. The molecule has 1 aromatic rings. The second-order valence-corrected chi connectivity index (χ2v) is 5.88. The highest BCUT2D eigenvalue weighted by Crippen LogP contribution is 2.40. The quantitative estimate of drug-likeness (QED) is 0.893. The van der Waals surface area contributed by atoms with E-state index in [1.807, 2.05) is 0 Å². The largest absolute Gasteiger partial charge is 0.310 e. The Morgan fingerprint density at radius 3 is 2.78 bits per heavy atom. The number of hydrogen-bond donors (Lipinski definition) is 1. The molecule has 1 N–H and O–H groups in total. The van der Waals surface area contributed by atoms with Crippen molar-refractivity contribution < 1.29 is 0 Å². The van der Waals surface area contributed by atoms with E-state index in [0.29, 0.717) is 24.4 Å². The topological polar surface area (TPSA) is 35.8 Å². The third kappa shape index (κ3) is 3.13. The summed E-state index contributed by atoms with van der Waals surface area (Å²) in [6.07, 6.45) is 4.02. The van der Waals surface area contributed by atoms with Gasteiger partial charge in [-0.05, 0) is 36.8 Å². The molecule has 2 nitrogen and oxygen atoms in total. The molecule has 0 amide bonds. The average Bonchev–Trinajstić information content (AvgIpc) is 2.33. The van der Waals surface area contributed by atoms with Crippen LogP contribution >= 0.6 is 15.9 Å². The maximum atomic E-state index is 8.74. The third-order valence-corrected chi connectivity index (χ3v) is 4.51. The first kappa shape index (κ1) is 13.6. The van der Waals surface area contributed by atoms with Crippen molar-refractivity contribution in [2.45, 2.75) is 50.6 Å². The zero-order valence-corrected chi connectivity index (χ0v) is 12.3. The van der Waals surface area contributed by atoms with E-state index in [1.54, 1.807) is 0 Å². The fraction of sp³-hybridized carbons (Fsp3) is 0.533. The number of nitriles is 1. The molecule has 96 valence electrons. The molecular formula is C15H19BrN2. The van der Waals surface area contributed by atoms with Crippen molar-refractivity contribution in [1.29, 1.82) is 5.26 Å². The van der Waals surface area contributed by atoms with Gasteiger partial charge in [0.25, 0.3) is 0 Å². The average molecular weight is 307 g/mol. The first-order valence-corrected chi connectivity index (χ1v) is 7.41. The lowest BCUT2D eigenvalue weighted by Crippen LogP contribution is -2.45. The van der Waals surface area contributed by atoms with Crippen molar-refractivity contribution in [2.24, 2.45) is 0 Å². The first-order chi connectivity index (χ1) is 8.74. The van der Waals surface area contributed by atoms with Gasteiger partial charge >= 0.3 is 0 Å². The van der Waals surface area contributed by atoms with Crippen LogP contribution in [0.25, 0.3) is 0 Å². The summed E-state index contributed by atoms with van der Waals surface area (Å²) in [7, 11) is 0. The Bertz CT molecular complexity index is 432. The van der Waals surface area contributed by atoms with Crippen LogP contribution in [0.1, 0.15) is 44.1 Å². The van der Waals surface area contributed by atoms with Crippen molar-refractivity contribution in [3.63, 3.8) is 0 Å². The van der Waals surface area contributed by atoms with Gasteiger partial charge in [-0.3, -0.25) is 0 Å². The smallest absolute Gasteiger partial charge is 0.0638 e. The Labute approximate surface area is 118 Å². The van der Waals surface area contributed by atoms with Crippen LogP contribution in [0.15, 0.2) is 28.7 Å². The molecule has 1 unspecified atom stereocenters. The van der Waals surface area contributed by atoms with E-state index in [9.17, 15) is 0 Å². The Hall–Kier alpha value is -0.850. The Balaban J connectivity index is 1.84. The number of benzene rings is 1. The van der Waals surface area contributed by atoms with Crippen LogP contribution in [-0.2, 0) is 0 Å². The summed E-state index contributed by atoms with van der Waals surface area (Å²) in [4.78, 5) is 0. The standard InChI is InChI=1S/C15H19BrN2/c1-2-12(7-8-17)18-13-9-11(10-13)14-5-3-4-6-15(14)16/h3-6,11-13,18H,2,7,9-10H2,1H3. The lowest BCUT2D eigenvalue weighted by molar-refractivity contribution is 0.262. The summed E-state index contributed by atoms with van der Waals surface area (Å²) < 4.78 is 1.22. The first-order valence-electron chi connectivity index (χ1n) is 6.62.